The molecule has 0 fully saturated rings. The number of hydrazine groups is 1. The first kappa shape index (κ1) is 15.4. The van der Waals surface area contributed by atoms with E-state index in [1.165, 1.54) is 11.6 Å². The summed E-state index contributed by atoms with van der Waals surface area (Å²) in [6, 6.07) is 12.9. The van der Waals surface area contributed by atoms with Gasteiger partial charge in [-0.2, -0.15) is 0 Å². The quantitative estimate of drug-likeness (QED) is 0.630. The molecule has 0 saturated heterocycles. The van der Waals surface area contributed by atoms with Gasteiger partial charge in [-0.3, -0.25) is 11.3 Å². The highest BCUT2D eigenvalue weighted by atomic mass is 79.9. The molecule has 1 unspecified atom stereocenters. The zero-order chi connectivity index (χ0) is 14.5. The van der Waals surface area contributed by atoms with Crippen LogP contribution in [0.1, 0.15) is 11.1 Å². The minimum Gasteiger partial charge on any atom is -0.271 e. The van der Waals surface area contributed by atoms with E-state index in [-0.39, 0.29) is 11.1 Å². The Kier molecular flexibility index (Phi) is 5.54. The summed E-state index contributed by atoms with van der Waals surface area (Å²) in [5.74, 6) is 5.20. The van der Waals surface area contributed by atoms with Crippen molar-refractivity contribution in [1.82, 2.24) is 5.43 Å². The van der Waals surface area contributed by atoms with Gasteiger partial charge in [-0.25, -0.2) is 4.39 Å². The standard InChI is InChI=1S/C15H15BrClFN2/c16-12-3-1-2-10(6-12)7-13(20-19)8-11-4-5-15(18)14(17)9-11/h1-6,9,13,20H,7-8,19H2. The SMILES string of the molecule is NNC(Cc1cccc(Br)c1)Cc1ccc(F)c(Cl)c1. The molecule has 0 radical (unpaired) electrons. The zero-order valence-corrected chi connectivity index (χ0v) is 13.1. The fraction of sp³-hybridized carbons (Fsp3) is 0.200. The molecule has 2 nitrogen and oxygen atoms in total. The van der Waals surface area contributed by atoms with Crippen molar-refractivity contribution >= 4 is 27.5 Å². The Balaban J connectivity index is 2.07. The summed E-state index contributed by atoms with van der Waals surface area (Å²) >= 11 is 9.24. The van der Waals surface area contributed by atoms with Gasteiger partial charge in [0.1, 0.15) is 5.82 Å². The molecule has 0 saturated carbocycles. The summed E-state index contributed by atoms with van der Waals surface area (Å²) in [7, 11) is 0. The van der Waals surface area contributed by atoms with Crippen molar-refractivity contribution in [2.75, 3.05) is 0 Å². The first-order valence-corrected chi connectivity index (χ1v) is 7.40. The third kappa shape index (κ3) is 4.28. The van der Waals surface area contributed by atoms with Crippen LogP contribution in [-0.4, -0.2) is 6.04 Å². The van der Waals surface area contributed by atoms with E-state index in [4.69, 9.17) is 17.4 Å². The first-order valence-electron chi connectivity index (χ1n) is 6.23. The predicted octanol–water partition coefficient (Wildman–Crippen LogP) is 3.86. The average Bonchev–Trinajstić information content (AvgIpc) is 2.42. The Morgan fingerprint density at radius 1 is 1.15 bits per heavy atom. The molecule has 5 heteroatoms. The molecule has 1 atom stereocenters. The van der Waals surface area contributed by atoms with E-state index in [2.05, 4.69) is 27.4 Å². The topological polar surface area (TPSA) is 38.0 Å². The van der Waals surface area contributed by atoms with Crippen molar-refractivity contribution in [1.29, 1.82) is 0 Å². The minimum absolute atomic E-state index is 0.0610. The number of rotatable bonds is 5. The lowest BCUT2D eigenvalue weighted by atomic mass is 9.99. The summed E-state index contributed by atoms with van der Waals surface area (Å²) in [5, 5.41) is 0.140. The van der Waals surface area contributed by atoms with E-state index in [0.717, 1.165) is 16.5 Å². The fourth-order valence-electron chi connectivity index (χ4n) is 2.09. The molecule has 2 aromatic rings. The van der Waals surface area contributed by atoms with Gasteiger partial charge in [-0.05, 0) is 48.2 Å². The number of benzene rings is 2. The first-order chi connectivity index (χ1) is 9.58. The van der Waals surface area contributed by atoms with Crippen LogP contribution in [0.4, 0.5) is 4.39 Å². The molecule has 0 aliphatic carbocycles. The van der Waals surface area contributed by atoms with Gasteiger partial charge < -0.3 is 0 Å². The van der Waals surface area contributed by atoms with Crippen molar-refractivity contribution in [2.45, 2.75) is 18.9 Å². The summed E-state index contributed by atoms with van der Waals surface area (Å²) in [6.45, 7) is 0. The second kappa shape index (κ2) is 7.18. The lowest BCUT2D eigenvalue weighted by Gasteiger charge is -2.16. The molecule has 0 bridgehead atoms. The molecular weight excluding hydrogens is 343 g/mol. The Hall–Kier alpha value is -0.940. The minimum atomic E-state index is -0.403. The van der Waals surface area contributed by atoms with Crippen LogP contribution < -0.4 is 11.3 Å². The normalized spacial score (nSPS) is 12.4. The Morgan fingerprint density at radius 3 is 2.45 bits per heavy atom. The van der Waals surface area contributed by atoms with Gasteiger partial charge in [-0.1, -0.05) is 45.7 Å². The Bertz CT molecular complexity index is 592. The highest BCUT2D eigenvalue weighted by Gasteiger charge is 2.10. The molecule has 0 heterocycles. The number of nitrogens with one attached hydrogen (secondary N) is 1. The van der Waals surface area contributed by atoms with Gasteiger partial charge >= 0.3 is 0 Å². The van der Waals surface area contributed by atoms with Gasteiger partial charge in [-0.15, -0.1) is 0 Å². The van der Waals surface area contributed by atoms with Crippen LogP contribution >= 0.6 is 27.5 Å². The van der Waals surface area contributed by atoms with Crippen LogP contribution in [0.25, 0.3) is 0 Å². The number of hydrogen-bond donors (Lipinski definition) is 2. The highest BCUT2D eigenvalue weighted by molar-refractivity contribution is 9.10. The van der Waals surface area contributed by atoms with Crippen LogP contribution in [0.15, 0.2) is 46.9 Å². The number of halogens is 3. The van der Waals surface area contributed by atoms with Gasteiger partial charge in [0.05, 0.1) is 5.02 Å². The highest BCUT2D eigenvalue weighted by Crippen LogP contribution is 2.18. The third-order valence-electron chi connectivity index (χ3n) is 3.07. The second-order valence-electron chi connectivity index (χ2n) is 4.65. The maximum absolute atomic E-state index is 13.1. The van der Waals surface area contributed by atoms with Crippen LogP contribution in [0, 0.1) is 5.82 Å². The lowest BCUT2D eigenvalue weighted by molar-refractivity contribution is 0.522. The van der Waals surface area contributed by atoms with E-state index < -0.39 is 5.82 Å². The molecule has 20 heavy (non-hydrogen) atoms. The molecule has 2 rings (SSSR count). The number of nitrogens with two attached hydrogens (primary N) is 1. The third-order valence-corrected chi connectivity index (χ3v) is 3.86. The maximum atomic E-state index is 13.1. The summed E-state index contributed by atoms with van der Waals surface area (Å²) < 4.78 is 14.2. The van der Waals surface area contributed by atoms with Crippen LogP contribution in [-0.2, 0) is 12.8 Å². The molecule has 106 valence electrons. The average molecular weight is 358 g/mol. The summed E-state index contributed by atoms with van der Waals surface area (Å²) in [6.07, 6.45) is 1.47. The van der Waals surface area contributed by atoms with Crippen molar-refractivity contribution in [3.63, 3.8) is 0 Å². The van der Waals surface area contributed by atoms with Crippen LogP contribution in [0.5, 0.6) is 0 Å². The smallest absolute Gasteiger partial charge is 0.141 e. The Labute approximate surface area is 131 Å². The van der Waals surface area contributed by atoms with Gasteiger partial charge in [0, 0.05) is 10.5 Å². The van der Waals surface area contributed by atoms with Gasteiger partial charge in [0.2, 0.25) is 0 Å². The van der Waals surface area contributed by atoms with Crippen LogP contribution in [0.3, 0.4) is 0 Å². The van der Waals surface area contributed by atoms with E-state index in [9.17, 15) is 4.39 Å². The summed E-state index contributed by atoms with van der Waals surface area (Å²) in [4.78, 5) is 0. The molecule has 0 amide bonds. The van der Waals surface area contributed by atoms with E-state index >= 15 is 0 Å². The van der Waals surface area contributed by atoms with E-state index in [1.54, 1.807) is 12.1 Å². The van der Waals surface area contributed by atoms with Crippen molar-refractivity contribution in [3.05, 3.63) is 68.9 Å². The van der Waals surface area contributed by atoms with Crippen molar-refractivity contribution < 1.29 is 4.39 Å². The van der Waals surface area contributed by atoms with Gasteiger partial charge in [0.25, 0.3) is 0 Å². The van der Waals surface area contributed by atoms with Crippen LogP contribution in [0.2, 0.25) is 5.02 Å². The molecule has 0 aliphatic rings. The lowest BCUT2D eigenvalue weighted by Crippen LogP contribution is -2.38. The molecule has 0 aliphatic heterocycles. The monoisotopic (exact) mass is 356 g/mol. The molecule has 0 spiro atoms. The molecule has 3 N–H and O–H groups in total. The maximum Gasteiger partial charge on any atom is 0.141 e. The van der Waals surface area contributed by atoms with Crippen molar-refractivity contribution in [3.8, 4) is 0 Å². The molecule has 0 aromatic heterocycles. The number of hydrogen-bond acceptors (Lipinski definition) is 2. The summed E-state index contributed by atoms with van der Waals surface area (Å²) in [5.41, 5.74) is 4.93. The molecular formula is C15H15BrClFN2. The predicted molar refractivity (Wildman–Crippen MR) is 84.1 cm³/mol. The molecule has 2 aromatic carbocycles. The van der Waals surface area contributed by atoms with Gasteiger partial charge in [0.15, 0.2) is 0 Å². The van der Waals surface area contributed by atoms with E-state index in [1.807, 2.05) is 18.2 Å². The zero-order valence-electron chi connectivity index (χ0n) is 10.7. The largest absolute Gasteiger partial charge is 0.271 e. The van der Waals surface area contributed by atoms with Crippen molar-refractivity contribution in [2.24, 2.45) is 5.84 Å². The second-order valence-corrected chi connectivity index (χ2v) is 5.97. The fourth-order valence-corrected chi connectivity index (χ4v) is 2.74. The van der Waals surface area contributed by atoms with E-state index in [0.29, 0.717) is 6.42 Å². The Morgan fingerprint density at radius 2 is 1.85 bits per heavy atom.